The number of aryl methyl sites for hydroxylation is 1. The Hall–Kier alpha value is -3.16. The minimum absolute atomic E-state index is 0.0492. The maximum Gasteiger partial charge on any atom is 0.321 e. The number of carbonyl (C=O) groups excluding carboxylic acids is 1. The third kappa shape index (κ3) is 4.16. The first kappa shape index (κ1) is 17.3. The average molecular weight is 365 g/mol. The van der Waals surface area contributed by atoms with E-state index in [0.717, 1.165) is 49.6 Å². The molecule has 0 bridgehead atoms. The quantitative estimate of drug-likeness (QED) is 0.744. The molecule has 0 spiro atoms. The van der Waals surface area contributed by atoms with Gasteiger partial charge in [-0.05, 0) is 49.9 Å². The molecule has 3 aromatic rings. The lowest BCUT2D eigenvalue weighted by Gasteiger charge is -2.33. The molecule has 140 valence electrons. The van der Waals surface area contributed by atoms with E-state index in [4.69, 9.17) is 0 Å². The lowest BCUT2D eigenvalue weighted by Crippen LogP contribution is -2.43. The molecule has 1 aliphatic heterocycles. The van der Waals surface area contributed by atoms with E-state index < -0.39 is 0 Å². The number of H-pyrrole nitrogens is 1. The summed E-state index contributed by atoms with van der Waals surface area (Å²) < 4.78 is 2.08. The molecule has 8 nitrogen and oxygen atoms in total. The highest BCUT2D eigenvalue weighted by Gasteiger charge is 2.24. The predicted octanol–water partition coefficient (Wildman–Crippen LogP) is 2.92. The van der Waals surface area contributed by atoms with E-state index >= 15 is 0 Å². The van der Waals surface area contributed by atoms with Crippen LogP contribution in [0, 0.1) is 12.8 Å². The first-order valence-corrected chi connectivity index (χ1v) is 9.18. The molecule has 27 heavy (non-hydrogen) atoms. The van der Waals surface area contributed by atoms with Crippen LogP contribution in [0.3, 0.4) is 0 Å². The zero-order valence-corrected chi connectivity index (χ0v) is 15.3. The molecule has 2 amide bonds. The second-order valence-corrected chi connectivity index (χ2v) is 6.97. The highest BCUT2D eigenvalue weighted by molar-refractivity contribution is 5.89. The summed E-state index contributed by atoms with van der Waals surface area (Å²) in [7, 11) is 0. The first-order chi connectivity index (χ1) is 13.2. The summed E-state index contributed by atoms with van der Waals surface area (Å²) in [5.74, 6) is 1.89. The number of carbonyl (C=O) groups is 1. The minimum atomic E-state index is -0.0492. The first-order valence-electron chi connectivity index (χ1n) is 9.18. The number of rotatable bonds is 4. The fraction of sp³-hybridized carbons (Fsp3) is 0.368. The highest BCUT2D eigenvalue weighted by Crippen LogP contribution is 2.21. The van der Waals surface area contributed by atoms with Gasteiger partial charge in [-0.3, -0.25) is 5.10 Å². The Kier molecular flexibility index (Phi) is 4.86. The van der Waals surface area contributed by atoms with E-state index in [-0.39, 0.29) is 6.03 Å². The largest absolute Gasteiger partial charge is 0.337 e. The smallest absolute Gasteiger partial charge is 0.321 e. The number of benzene rings is 1. The fourth-order valence-electron chi connectivity index (χ4n) is 3.47. The molecule has 1 saturated heterocycles. The highest BCUT2D eigenvalue weighted by atomic mass is 16.2. The van der Waals surface area contributed by atoms with Crippen LogP contribution in [0.1, 0.15) is 18.7 Å². The third-order valence-corrected chi connectivity index (χ3v) is 4.83. The van der Waals surface area contributed by atoms with Gasteiger partial charge in [-0.15, -0.1) is 0 Å². The second-order valence-electron chi connectivity index (χ2n) is 6.97. The van der Waals surface area contributed by atoms with Gasteiger partial charge in [0.2, 0.25) is 0 Å². The SMILES string of the molecule is Cc1nc(-c2ccc(NC(=O)N3CCC[C@H](Cn4ccnc4)C3)cc2)n[nH]1. The Balaban J connectivity index is 1.35. The van der Waals surface area contributed by atoms with Crippen molar-refractivity contribution in [3.63, 3.8) is 0 Å². The molecule has 3 heterocycles. The lowest BCUT2D eigenvalue weighted by atomic mass is 9.98. The number of anilines is 1. The van der Waals surface area contributed by atoms with Gasteiger partial charge in [0.15, 0.2) is 5.82 Å². The normalized spacial score (nSPS) is 17.1. The van der Waals surface area contributed by atoms with Crippen LogP contribution in [0.5, 0.6) is 0 Å². The number of imidazole rings is 1. The van der Waals surface area contributed by atoms with Crippen molar-refractivity contribution in [2.45, 2.75) is 26.3 Å². The van der Waals surface area contributed by atoms with E-state index in [1.165, 1.54) is 0 Å². The number of piperidine rings is 1. The minimum Gasteiger partial charge on any atom is -0.337 e. The van der Waals surface area contributed by atoms with Gasteiger partial charge in [0.05, 0.1) is 6.33 Å². The molecule has 1 aliphatic rings. The zero-order chi connectivity index (χ0) is 18.6. The molecule has 0 unspecified atom stereocenters. The van der Waals surface area contributed by atoms with Crippen LogP contribution in [0.15, 0.2) is 43.0 Å². The summed E-state index contributed by atoms with van der Waals surface area (Å²) in [6.07, 6.45) is 7.74. The van der Waals surface area contributed by atoms with Crippen LogP contribution < -0.4 is 5.32 Å². The van der Waals surface area contributed by atoms with E-state index in [1.54, 1.807) is 6.20 Å². The molecule has 0 radical (unpaired) electrons. The van der Waals surface area contributed by atoms with Crippen molar-refractivity contribution in [2.75, 3.05) is 18.4 Å². The number of hydrogen-bond donors (Lipinski definition) is 2. The molecular formula is C19H23N7O. The van der Waals surface area contributed by atoms with Gasteiger partial charge in [0, 0.05) is 43.3 Å². The van der Waals surface area contributed by atoms with Crippen molar-refractivity contribution in [2.24, 2.45) is 5.92 Å². The number of nitrogens with zero attached hydrogens (tertiary/aromatic N) is 5. The molecule has 1 fully saturated rings. The van der Waals surface area contributed by atoms with Crippen LogP contribution in [0.2, 0.25) is 0 Å². The van der Waals surface area contributed by atoms with Crippen LogP contribution in [0.4, 0.5) is 10.5 Å². The summed E-state index contributed by atoms with van der Waals surface area (Å²) in [5, 5.41) is 9.98. The average Bonchev–Trinajstić information content (AvgIpc) is 3.34. The maximum absolute atomic E-state index is 12.6. The summed E-state index contributed by atoms with van der Waals surface area (Å²) in [6, 6.07) is 7.54. The van der Waals surface area contributed by atoms with Crippen molar-refractivity contribution >= 4 is 11.7 Å². The van der Waals surface area contributed by atoms with Gasteiger partial charge in [-0.25, -0.2) is 14.8 Å². The molecular weight excluding hydrogens is 342 g/mol. The van der Waals surface area contributed by atoms with Gasteiger partial charge < -0.3 is 14.8 Å². The summed E-state index contributed by atoms with van der Waals surface area (Å²) >= 11 is 0. The number of aromatic nitrogens is 5. The van der Waals surface area contributed by atoms with E-state index in [0.29, 0.717) is 11.7 Å². The summed E-state index contributed by atoms with van der Waals surface area (Å²) in [6.45, 7) is 4.32. The van der Waals surface area contributed by atoms with E-state index in [9.17, 15) is 4.79 Å². The standard InChI is InChI=1S/C19H23N7O/c1-14-21-18(24-23-14)16-4-6-17(7-5-16)22-19(27)26-9-2-3-15(12-26)11-25-10-8-20-13-25/h4-8,10,13,15H,2-3,9,11-12H2,1H3,(H,22,27)(H,21,23,24)/t15-/m1/s1. The van der Waals surface area contributed by atoms with Gasteiger partial charge >= 0.3 is 6.03 Å². The summed E-state index contributed by atoms with van der Waals surface area (Å²) in [5.41, 5.74) is 1.68. The number of amides is 2. The Morgan fingerprint density at radius 1 is 1.33 bits per heavy atom. The number of likely N-dealkylation sites (tertiary alicyclic amines) is 1. The van der Waals surface area contributed by atoms with Crippen LogP contribution in [-0.4, -0.2) is 48.8 Å². The molecule has 0 aliphatic carbocycles. The number of nitrogens with one attached hydrogen (secondary N) is 2. The molecule has 1 atom stereocenters. The molecule has 1 aromatic carbocycles. The Morgan fingerprint density at radius 3 is 2.89 bits per heavy atom. The van der Waals surface area contributed by atoms with Gasteiger partial charge in [0.25, 0.3) is 0 Å². The second kappa shape index (κ2) is 7.61. The number of urea groups is 1. The molecule has 2 aromatic heterocycles. The Morgan fingerprint density at radius 2 is 2.19 bits per heavy atom. The summed E-state index contributed by atoms with van der Waals surface area (Å²) in [4.78, 5) is 22.9. The van der Waals surface area contributed by atoms with Crippen molar-refractivity contribution in [1.82, 2.24) is 29.6 Å². The zero-order valence-electron chi connectivity index (χ0n) is 15.3. The fourth-order valence-corrected chi connectivity index (χ4v) is 3.47. The molecule has 8 heteroatoms. The monoisotopic (exact) mass is 365 g/mol. The Labute approximate surface area is 157 Å². The molecule has 0 saturated carbocycles. The van der Waals surface area contributed by atoms with E-state index in [2.05, 4.69) is 30.0 Å². The molecule has 4 rings (SSSR count). The number of aromatic amines is 1. The van der Waals surface area contributed by atoms with Gasteiger partial charge in [-0.2, -0.15) is 5.10 Å². The van der Waals surface area contributed by atoms with Gasteiger partial charge in [-0.1, -0.05) is 0 Å². The van der Waals surface area contributed by atoms with Gasteiger partial charge in [0.1, 0.15) is 5.82 Å². The van der Waals surface area contributed by atoms with Crippen molar-refractivity contribution in [3.05, 3.63) is 48.8 Å². The van der Waals surface area contributed by atoms with Crippen LogP contribution in [0.25, 0.3) is 11.4 Å². The maximum atomic E-state index is 12.6. The molecule has 2 N–H and O–H groups in total. The Bertz CT molecular complexity index is 885. The lowest BCUT2D eigenvalue weighted by molar-refractivity contribution is 0.170. The predicted molar refractivity (Wildman–Crippen MR) is 102 cm³/mol. The van der Waals surface area contributed by atoms with Crippen molar-refractivity contribution < 1.29 is 4.79 Å². The topological polar surface area (TPSA) is 91.7 Å². The van der Waals surface area contributed by atoms with E-state index in [1.807, 2.05) is 48.6 Å². The van der Waals surface area contributed by atoms with Crippen molar-refractivity contribution in [1.29, 1.82) is 0 Å². The van der Waals surface area contributed by atoms with Crippen LogP contribution in [-0.2, 0) is 6.54 Å². The third-order valence-electron chi connectivity index (χ3n) is 4.83. The van der Waals surface area contributed by atoms with Crippen LogP contribution >= 0.6 is 0 Å². The van der Waals surface area contributed by atoms with Crippen molar-refractivity contribution in [3.8, 4) is 11.4 Å². The number of hydrogen-bond acceptors (Lipinski definition) is 4.